The number of hydrogen-bond donors (Lipinski definition) is 1. The molecule has 1 aromatic heterocycles. The molecule has 2 aromatic rings. The minimum Gasteiger partial charge on any atom is -0.482 e. The summed E-state index contributed by atoms with van der Waals surface area (Å²) in [5.74, 6) is -0.444. The molecule has 6 nitrogen and oxygen atoms in total. The Morgan fingerprint density at radius 2 is 2.05 bits per heavy atom. The molecule has 0 fully saturated rings. The van der Waals surface area contributed by atoms with Crippen molar-refractivity contribution in [3.8, 4) is 5.75 Å². The molecule has 0 bridgehead atoms. The summed E-state index contributed by atoms with van der Waals surface area (Å²) >= 11 is 0. The number of carboxylic acids is 1. The molecule has 6 heteroatoms. The van der Waals surface area contributed by atoms with Crippen LogP contribution in [-0.2, 0) is 11.3 Å². The van der Waals surface area contributed by atoms with Crippen LogP contribution in [0.5, 0.6) is 5.75 Å². The van der Waals surface area contributed by atoms with Crippen LogP contribution in [0.15, 0.2) is 40.8 Å². The number of benzene rings is 1. The van der Waals surface area contributed by atoms with Gasteiger partial charge in [0, 0.05) is 0 Å². The van der Waals surface area contributed by atoms with E-state index in [1.165, 1.54) is 11.0 Å². The summed E-state index contributed by atoms with van der Waals surface area (Å²) in [6.07, 6.45) is 0. The number of furan rings is 1. The average Bonchev–Trinajstić information content (AvgIpc) is 2.91. The Labute approximate surface area is 114 Å². The van der Waals surface area contributed by atoms with Crippen molar-refractivity contribution in [1.82, 2.24) is 0 Å². The number of carbonyl (C=O) groups is 2. The molecule has 0 atom stereocenters. The van der Waals surface area contributed by atoms with Crippen LogP contribution in [0.25, 0.3) is 0 Å². The highest BCUT2D eigenvalue weighted by atomic mass is 16.5. The van der Waals surface area contributed by atoms with Gasteiger partial charge in [-0.1, -0.05) is 12.1 Å². The van der Waals surface area contributed by atoms with E-state index in [9.17, 15) is 9.59 Å². The number of carboxylic acid groups (broad SMARTS) is 1. The fourth-order valence-corrected chi connectivity index (χ4v) is 2.06. The lowest BCUT2D eigenvalue weighted by atomic mass is 10.2. The molecule has 1 aliphatic rings. The van der Waals surface area contributed by atoms with E-state index in [1.807, 2.05) is 6.07 Å². The van der Waals surface area contributed by atoms with Gasteiger partial charge in [0.05, 0.1) is 12.2 Å². The number of carbonyl (C=O) groups excluding carboxylic acids is 1. The first-order valence-electron chi connectivity index (χ1n) is 5.99. The largest absolute Gasteiger partial charge is 0.482 e. The number of aromatic carboxylic acids is 1. The first kappa shape index (κ1) is 12.3. The van der Waals surface area contributed by atoms with Crippen molar-refractivity contribution in [3.05, 3.63) is 47.9 Å². The van der Waals surface area contributed by atoms with Gasteiger partial charge in [0.2, 0.25) is 5.76 Å². The molecule has 1 amide bonds. The zero-order chi connectivity index (χ0) is 14.1. The summed E-state index contributed by atoms with van der Waals surface area (Å²) in [5, 5.41) is 8.82. The SMILES string of the molecule is O=C(O)c1ccc(CN2C(=O)COc3ccccc32)o1. The van der Waals surface area contributed by atoms with Gasteiger partial charge in [-0.25, -0.2) is 4.79 Å². The second-order valence-corrected chi connectivity index (χ2v) is 4.31. The van der Waals surface area contributed by atoms with E-state index in [1.54, 1.807) is 24.3 Å². The lowest BCUT2D eigenvalue weighted by Crippen LogP contribution is -2.38. The quantitative estimate of drug-likeness (QED) is 0.923. The van der Waals surface area contributed by atoms with Crippen molar-refractivity contribution < 1.29 is 23.8 Å². The highest BCUT2D eigenvalue weighted by Gasteiger charge is 2.26. The third-order valence-corrected chi connectivity index (χ3v) is 2.99. The molecule has 102 valence electrons. The lowest BCUT2D eigenvalue weighted by Gasteiger charge is -2.28. The number of ether oxygens (including phenoxy) is 1. The molecule has 1 aromatic carbocycles. The van der Waals surface area contributed by atoms with Crippen LogP contribution >= 0.6 is 0 Å². The fraction of sp³-hybridized carbons (Fsp3) is 0.143. The average molecular weight is 273 g/mol. The summed E-state index contributed by atoms with van der Waals surface area (Å²) in [6, 6.07) is 10.1. The molecular weight excluding hydrogens is 262 g/mol. The van der Waals surface area contributed by atoms with Crippen molar-refractivity contribution >= 4 is 17.6 Å². The number of amides is 1. The second kappa shape index (κ2) is 4.73. The Morgan fingerprint density at radius 1 is 1.25 bits per heavy atom. The standard InChI is InChI=1S/C14H11NO5/c16-13-8-19-11-4-2-1-3-10(11)15(13)7-9-5-6-12(20-9)14(17)18/h1-6H,7-8H2,(H,17,18). The molecule has 1 N–H and O–H groups in total. The van der Waals surface area contributed by atoms with Gasteiger partial charge in [-0.05, 0) is 24.3 Å². The topological polar surface area (TPSA) is 80.0 Å². The summed E-state index contributed by atoms with van der Waals surface area (Å²) < 4.78 is 10.5. The molecule has 0 radical (unpaired) electrons. The Kier molecular flexibility index (Phi) is 2.90. The first-order valence-corrected chi connectivity index (χ1v) is 5.99. The smallest absolute Gasteiger partial charge is 0.371 e. The number of hydrogen-bond acceptors (Lipinski definition) is 4. The second-order valence-electron chi connectivity index (χ2n) is 4.31. The summed E-state index contributed by atoms with van der Waals surface area (Å²) in [7, 11) is 0. The zero-order valence-corrected chi connectivity index (χ0v) is 10.4. The van der Waals surface area contributed by atoms with Crippen LogP contribution in [0.4, 0.5) is 5.69 Å². The molecule has 20 heavy (non-hydrogen) atoms. The number of anilines is 1. The summed E-state index contributed by atoms with van der Waals surface area (Å²) in [5.41, 5.74) is 0.650. The normalized spacial score (nSPS) is 13.8. The van der Waals surface area contributed by atoms with Crippen LogP contribution in [-0.4, -0.2) is 23.6 Å². The Morgan fingerprint density at radius 3 is 2.80 bits per heavy atom. The van der Waals surface area contributed by atoms with Gasteiger partial charge in [-0.2, -0.15) is 0 Å². The van der Waals surface area contributed by atoms with Crippen LogP contribution in [0.3, 0.4) is 0 Å². The maximum absolute atomic E-state index is 11.9. The molecule has 0 spiro atoms. The number of rotatable bonds is 3. The third kappa shape index (κ3) is 2.11. The molecule has 0 saturated carbocycles. The molecular formula is C14H11NO5. The van der Waals surface area contributed by atoms with E-state index < -0.39 is 5.97 Å². The van der Waals surface area contributed by atoms with Gasteiger partial charge < -0.3 is 14.3 Å². The predicted octanol–water partition coefficient (Wildman–Crippen LogP) is 1.90. The van der Waals surface area contributed by atoms with Crippen molar-refractivity contribution in [2.45, 2.75) is 6.54 Å². The maximum Gasteiger partial charge on any atom is 0.371 e. The van der Waals surface area contributed by atoms with Crippen molar-refractivity contribution in [2.75, 3.05) is 11.5 Å². The van der Waals surface area contributed by atoms with E-state index in [0.29, 0.717) is 17.2 Å². The van der Waals surface area contributed by atoms with Crippen LogP contribution in [0, 0.1) is 0 Å². The van der Waals surface area contributed by atoms with Crippen molar-refractivity contribution in [2.24, 2.45) is 0 Å². The highest BCUT2D eigenvalue weighted by Crippen LogP contribution is 2.32. The Bertz CT molecular complexity index is 676. The Balaban J connectivity index is 1.89. The summed E-state index contributed by atoms with van der Waals surface area (Å²) in [4.78, 5) is 24.2. The minimum atomic E-state index is -1.13. The zero-order valence-electron chi connectivity index (χ0n) is 10.4. The van der Waals surface area contributed by atoms with Crippen LogP contribution in [0.1, 0.15) is 16.3 Å². The van der Waals surface area contributed by atoms with Gasteiger partial charge in [0.15, 0.2) is 6.61 Å². The molecule has 1 aliphatic heterocycles. The molecule has 0 aliphatic carbocycles. The first-order chi connectivity index (χ1) is 9.65. The van der Waals surface area contributed by atoms with E-state index in [-0.39, 0.29) is 24.8 Å². The van der Waals surface area contributed by atoms with Gasteiger partial charge >= 0.3 is 5.97 Å². The lowest BCUT2D eigenvalue weighted by molar-refractivity contribution is -0.121. The van der Waals surface area contributed by atoms with Gasteiger partial charge in [-0.3, -0.25) is 9.69 Å². The van der Waals surface area contributed by atoms with Gasteiger partial charge in [-0.15, -0.1) is 0 Å². The Hall–Kier alpha value is -2.76. The molecule has 2 heterocycles. The van der Waals surface area contributed by atoms with E-state index in [2.05, 4.69) is 0 Å². The van der Waals surface area contributed by atoms with Crippen LogP contribution in [0.2, 0.25) is 0 Å². The fourth-order valence-electron chi connectivity index (χ4n) is 2.06. The monoisotopic (exact) mass is 273 g/mol. The highest BCUT2D eigenvalue weighted by molar-refractivity contribution is 5.97. The van der Waals surface area contributed by atoms with Crippen molar-refractivity contribution in [1.29, 1.82) is 0 Å². The van der Waals surface area contributed by atoms with Gasteiger partial charge in [0.25, 0.3) is 5.91 Å². The van der Waals surface area contributed by atoms with E-state index >= 15 is 0 Å². The maximum atomic E-state index is 11.9. The molecule has 3 rings (SSSR count). The van der Waals surface area contributed by atoms with Crippen LogP contribution < -0.4 is 9.64 Å². The number of fused-ring (bicyclic) bond motifs is 1. The minimum absolute atomic E-state index is 0.0382. The van der Waals surface area contributed by atoms with Crippen molar-refractivity contribution in [3.63, 3.8) is 0 Å². The van der Waals surface area contributed by atoms with Gasteiger partial charge in [0.1, 0.15) is 11.5 Å². The summed E-state index contributed by atoms with van der Waals surface area (Å²) in [6.45, 7) is 0.135. The number of nitrogens with zero attached hydrogens (tertiary/aromatic N) is 1. The predicted molar refractivity (Wildman–Crippen MR) is 68.8 cm³/mol. The molecule has 0 unspecified atom stereocenters. The van der Waals surface area contributed by atoms with E-state index in [0.717, 1.165) is 0 Å². The third-order valence-electron chi connectivity index (χ3n) is 2.99. The number of para-hydroxylation sites is 2. The van der Waals surface area contributed by atoms with E-state index in [4.69, 9.17) is 14.3 Å². The molecule has 0 saturated heterocycles.